The first-order valence-electron chi connectivity index (χ1n) is 6.72. The molecule has 0 aromatic heterocycles. The van der Waals surface area contributed by atoms with Gasteiger partial charge in [-0.1, -0.05) is 0 Å². The summed E-state index contributed by atoms with van der Waals surface area (Å²) < 4.78 is 28.2. The summed E-state index contributed by atoms with van der Waals surface area (Å²) in [6.45, 7) is 1.73. The second kappa shape index (κ2) is 6.39. The molecule has 0 atom stereocenters. The number of sulfone groups is 1. The number of unbranched alkanes of at least 4 members (excludes halogenated alkanes) is 1. The van der Waals surface area contributed by atoms with E-state index in [0.29, 0.717) is 11.5 Å². The fraction of sp³-hybridized carbons (Fsp3) is 0.571. The summed E-state index contributed by atoms with van der Waals surface area (Å²) in [5, 5.41) is 3.46. The van der Waals surface area contributed by atoms with E-state index >= 15 is 0 Å². The van der Waals surface area contributed by atoms with E-state index in [4.69, 9.17) is 4.74 Å². The van der Waals surface area contributed by atoms with Crippen LogP contribution in [0.4, 0.5) is 0 Å². The molecule has 19 heavy (non-hydrogen) atoms. The van der Waals surface area contributed by atoms with Gasteiger partial charge in [0.2, 0.25) is 0 Å². The van der Waals surface area contributed by atoms with Crippen molar-refractivity contribution in [3.8, 4) is 5.75 Å². The first-order chi connectivity index (χ1) is 9.05. The molecule has 5 heteroatoms. The maximum atomic E-state index is 11.3. The van der Waals surface area contributed by atoms with Crippen LogP contribution in [-0.4, -0.2) is 33.9 Å². The smallest absolute Gasteiger partial charge is 0.175 e. The third-order valence-corrected chi connectivity index (χ3v) is 4.23. The molecular formula is C14H21NO3S. The largest absolute Gasteiger partial charge is 0.494 e. The number of hydrogen-bond acceptors (Lipinski definition) is 4. The van der Waals surface area contributed by atoms with Crippen molar-refractivity contribution in [1.82, 2.24) is 5.32 Å². The lowest BCUT2D eigenvalue weighted by Gasteiger charge is -2.07. The van der Waals surface area contributed by atoms with Gasteiger partial charge >= 0.3 is 0 Å². The summed E-state index contributed by atoms with van der Waals surface area (Å²) in [4.78, 5) is 0.327. The van der Waals surface area contributed by atoms with Crippen molar-refractivity contribution in [1.29, 1.82) is 0 Å². The Kier molecular flexibility index (Phi) is 4.82. The van der Waals surface area contributed by atoms with Crippen molar-refractivity contribution in [2.75, 3.05) is 19.4 Å². The van der Waals surface area contributed by atoms with Crippen molar-refractivity contribution in [3.05, 3.63) is 24.3 Å². The molecule has 1 N–H and O–H groups in total. The van der Waals surface area contributed by atoms with Crippen LogP contribution in [0, 0.1) is 0 Å². The molecule has 0 radical (unpaired) electrons. The molecule has 106 valence electrons. The van der Waals surface area contributed by atoms with E-state index in [1.165, 1.54) is 19.1 Å². The Labute approximate surface area is 115 Å². The quantitative estimate of drug-likeness (QED) is 0.741. The molecule has 1 aromatic rings. The Morgan fingerprint density at radius 1 is 1.21 bits per heavy atom. The van der Waals surface area contributed by atoms with Gasteiger partial charge in [0.05, 0.1) is 11.5 Å². The summed E-state index contributed by atoms with van der Waals surface area (Å²) in [5.74, 6) is 0.725. The fourth-order valence-corrected chi connectivity index (χ4v) is 2.42. The minimum Gasteiger partial charge on any atom is -0.494 e. The topological polar surface area (TPSA) is 55.4 Å². The molecule has 0 amide bonds. The van der Waals surface area contributed by atoms with Crippen molar-refractivity contribution in [2.45, 2.75) is 36.6 Å². The predicted molar refractivity (Wildman–Crippen MR) is 75.3 cm³/mol. The lowest BCUT2D eigenvalue weighted by atomic mass is 10.3. The Bertz CT molecular complexity index is 492. The van der Waals surface area contributed by atoms with Crippen LogP contribution in [-0.2, 0) is 9.84 Å². The van der Waals surface area contributed by atoms with Gasteiger partial charge in [-0.25, -0.2) is 8.42 Å². The highest BCUT2D eigenvalue weighted by molar-refractivity contribution is 7.90. The minimum absolute atomic E-state index is 0.327. The molecule has 0 unspecified atom stereocenters. The average molecular weight is 283 g/mol. The van der Waals surface area contributed by atoms with Crippen molar-refractivity contribution in [3.63, 3.8) is 0 Å². The molecule has 0 heterocycles. The monoisotopic (exact) mass is 283 g/mol. The molecule has 0 aliphatic heterocycles. The minimum atomic E-state index is -3.12. The fourth-order valence-electron chi connectivity index (χ4n) is 1.79. The second-order valence-electron chi connectivity index (χ2n) is 5.03. The SMILES string of the molecule is CS(=O)(=O)c1ccc(OCCCCNC2CC2)cc1. The Balaban J connectivity index is 1.65. The van der Waals surface area contributed by atoms with Crippen LogP contribution in [0.2, 0.25) is 0 Å². The lowest BCUT2D eigenvalue weighted by molar-refractivity contribution is 0.305. The molecule has 0 spiro atoms. The average Bonchev–Trinajstić information content (AvgIpc) is 3.17. The maximum Gasteiger partial charge on any atom is 0.175 e. The van der Waals surface area contributed by atoms with Crippen LogP contribution in [0.1, 0.15) is 25.7 Å². The Hall–Kier alpha value is -1.07. The highest BCUT2D eigenvalue weighted by Crippen LogP contribution is 2.18. The summed E-state index contributed by atoms with van der Waals surface area (Å²) in [6.07, 6.45) is 5.97. The van der Waals surface area contributed by atoms with Gasteiger partial charge in [-0.05, 0) is 56.5 Å². The number of hydrogen-bond donors (Lipinski definition) is 1. The van der Waals surface area contributed by atoms with Crippen LogP contribution in [0.15, 0.2) is 29.2 Å². The molecule has 0 bridgehead atoms. The lowest BCUT2D eigenvalue weighted by Crippen LogP contribution is -2.17. The van der Waals surface area contributed by atoms with Gasteiger partial charge in [0.25, 0.3) is 0 Å². The first kappa shape index (κ1) is 14.3. The molecule has 1 aliphatic rings. The van der Waals surface area contributed by atoms with E-state index in [-0.39, 0.29) is 0 Å². The van der Waals surface area contributed by atoms with E-state index in [1.807, 2.05) is 0 Å². The van der Waals surface area contributed by atoms with E-state index in [0.717, 1.165) is 31.2 Å². The highest BCUT2D eigenvalue weighted by Gasteiger charge is 2.19. The van der Waals surface area contributed by atoms with Gasteiger partial charge < -0.3 is 10.1 Å². The van der Waals surface area contributed by atoms with Crippen LogP contribution in [0.25, 0.3) is 0 Å². The van der Waals surface area contributed by atoms with Gasteiger partial charge in [0.1, 0.15) is 5.75 Å². The number of nitrogens with one attached hydrogen (secondary N) is 1. The third-order valence-electron chi connectivity index (χ3n) is 3.10. The zero-order valence-corrected chi connectivity index (χ0v) is 12.1. The van der Waals surface area contributed by atoms with Crippen molar-refractivity contribution < 1.29 is 13.2 Å². The molecule has 0 saturated heterocycles. The van der Waals surface area contributed by atoms with Crippen LogP contribution in [0.3, 0.4) is 0 Å². The molecule has 1 aromatic carbocycles. The first-order valence-corrected chi connectivity index (χ1v) is 8.61. The maximum absolute atomic E-state index is 11.3. The van der Waals surface area contributed by atoms with Gasteiger partial charge in [-0.15, -0.1) is 0 Å². The molecule has 4 nitrogen and oxygen atoms in total. The van der Waals surface area contributed by atoms with Crippen molar-refractivity contribution >= 4 is 9.84 Å². The summed E-state index contributed by atoms with van der Waals surface area (Å²) in [6, 6.07) is 7.35. The number of ether oxygens (including phenoxy) is 1. The summed E-state index contributed by atoms with van der Waals surface area (Å²) in [7, 11) is -3.12. The van der Waals surface area contributed by atoms with Crippen molar-refractivity contribution in [2.24, 2.45) is 0 Å². The normalized spacial score (nSPS) is 15.4. The van der Waals surface area contributed by atoms with Gasteiger partial charge in [0.15, 0.2) is 9.84 Å². The molecule has 1 aliphatic carbocycles. The Morgan fingerprint density at radius 3 is 2.47 bits per heavy atom. The summed E-state index contributed by atoms with van der Waals surface area (Å²) in [5.41, 5.74) is 0. The molecule has 2 rings (SSSR count). The zero-order valence-electron chi connectivity index (χ0n) is 11.3. The van der Waals surface area contributed by atoms with E-state index < -0.39 is 9.84 Å². The highest BCUT2D eigenvalue weighted by atomic mass is 32.2. The van der Waals surface area contributed by atoms with E-state index in [9.17, 15) is 8.42 Å². The van der Waals surface area contributed by atoms with E-state index in [2.05, 4.69) is 5.32 Å². The van der Waals surface area contributed by atoms with Crippen LogP contribution >= 0.6 is 0 Å². The predicted octanol–water partition coefficient (Wildman–Crippen LogP) is 2.00. The van der Waals surface area contributed by atoms with Gasteiger partial charge in [-0.2, -0.15) is 0 Å². The Morgan fingerprint density at radius 2 is 1.89 bits per heavy atom. The van der Waals surface area contributed by atoms with E-state index in [1.54, 1.807) is 24.3 Å². The molecule has 1 fully saturated rings. The summed E-state index contributed by atoms with van der Waals surface area (Å²) >= 11 is 0. The van der Waals surface area contributed by atoms with Crippen LogP contribution < -0.4 is 10.1 Å². The number of benzene rings is 1. The third kappa shape index (κ3) is 5.20. The van der Waals surface area contributed by atoms with Gasteiger partial charge in [0, 0.05) is 12.3 Å². The second-order valence-corrected chi connectivity index (χ2v) is 7.04. The van der Waals surface area contributed by atoms with Gasteiger partial charge in [-0.3, -0.25) is 0 Å². The standard InChI is InChI=1S/C14H21NO3S/c1-19(16,17)14-8-6-13(7-9-14)18-11-3-2-10-15-12-4-5-12/h6-9,12,15H,2-5,10-11H2,1H3. The zero-order chi connectivity index (χ0) is 13.7. The molecular weight excluding hydrogens is 262 g/mol. The molecule has 1 saturated carbocycles. The number of rotatable bonds is 8. The van der Waals surface area contributed by atoms with Crippen LogP contribution in [0.5, 0.6) is 5.75 Å².